The zero-order valence-corrected chi connectivity index (χ0v) is 7.33. The summed E-state index contributed by atoms with van der Waals surface area (Å²) in [6.07, 6.45) is 1.92. The Morgan fingerprint density at radius 3 is 2.92 bits per heavy atom. The first-order chi connectivity index (χ1) is 6.31. The zero-order valence-electron chi connectivity index (χ0n) is 7.33. The lowest BCUT2D eigenvalue weighted by molar-refractivity contribution is 0.738. The number of hydrogen-bond donors (Lipinski definition) is 3. The fraction of sp³-hybridized carbons (Fsp3) is 0.200. The first kappa shape index (κ1) is 8.29. The van der Waals surface area contributed by atoms with Gasteiger partial charge >= 0.3 is 0 Å². The first-order valence-electron chi connectivity index (χ1n) is 4.34. The Bertz CT molecular complexity index is 405. The standard InChI is InChI=1S/C10H13N3/c11-6-9(12)8-2-1-7-3-4-13-10(7)5-8/h1-5,9,13H,6,11-12H2. The predicted molar refractivity (Wildman–Crippen MR) is 54.3 cm³/mol. The molecule has 3 heteroatoms. The van der Waals surface area contributed by atoms with Crippen LogP contribution < -0.4 is 11.5 Å². The molecule has 5 N–H and O–H groups in total. The second-order valence-corrected chi connectivity index (χ2v) is 3.17. The van der Waals surface area contributed by atoms with Crippen molar-refractivity contribution in [1.29, 1.82) is 0 Å². The minimum Gasteiger partial charge on any atom is -0.361 e. The van der Waals surface area contributed by atoms with Crippen LogP contribution in [0.4, 0.5) is 0 Å². The van der Waals surface area contributed by atoms with Gasteiger partial charge in [0.05, 0.1) is 0 Å². The molecule has 1 atom stereocenters. The topological polar surface area (TPSA) is 67.8 Å². The Labute approximate surface area is 76.7 Å². The van der Waals surface area contributed by atoms with E-state index in [9.17, 15) is 0 Å². The molecule has 0 saturated heterocycles. The molecule has 0 fully saturated rings. The van der Waals surface area contributed by atoms with E-state index in [-0.39, 0.29) is 6.04 Å². The minimum absolute atomic E-state index is 0.0623. The molecule has 0 aliphatic carbocycles. The summed E-state index contributed by atoms with van der Waals surface area (Å²) < 4.78 is 0. The van der Waals surface area contributed by atoms with Crippen LogP contribution in [0.1, 0.15) is 11.6 Å². The maximum atomic E-state index is 5.82. The molecule has 68 valence electrons. The number of nitrogens with one attached hydrogen (secondary N) is 1. The molecule has 0 radical (unpaired) electrons. The van der Waals surface area contributed by atoms with Crippen LogP contribution in [0.15, 0.2) is 30.5 Å². The molecule has 0 amide bonds. The van der Waals surface area contributed by atoms with Crippen molar-refractivity contribution in [3.8, 4) is 0 Å². The predicted octanol–water partition coefficient (Wildman–Crippen LogP) is 1.13. The number of rotatable bonds is 2. The average molecular weight is 175 g/mol. The van der Waals surface area contributed by atoms with Crippen molar-refractivity contribution >= 4 is 10.9 Å². The van der Waals surface area contributed by atoms with Crippen LogP contribution in [0.3, 0.4) is 0 Å². The van der Waals surface area contributed by atoms with Crippen LogP contribution in [0.2, 0.25) is 0 Å². The molecule has 1 aromatic carbocycles. The van der Waals surface area contributed by atoms with Gasteiger partial charge in [0.2, 0.25) is 0 Å². The molecule has 0 saturated carbocycles. The smallest absolute Gasteiger partial charge is 0.0457 e. The molecular formula is C10H13N3. The number of aromatic amines is 1. The third-order valence-corrected chi connectivity index (χ3v) is 2.26. The molecule has 3 nitrogen and oxygen atoms in total. The molecule has 0 aliphatic heterocycles. The molecule has 0 bridgehead atoms. The minimum atomic E-state index is -0.0623. The summed E-state index contributed by atoms with van der Waals surface area (Å²) in [5, 5.41) is 1.20. The summed E-state index contributed by atoms with van der Waals surface area (Å²) in [6, 6.07) is 8.09. The Balaban J connectivity index is 2.48. The number of hydrogen-bond acceptors (Lipinski definition) is 2. The van der Waals surface area contributed by atoms with Crippen LogP contribution >= 0.6 is 0 Å². The molecular weight excluding hydrogens is 162 g/mol. The van der Waals surface area contributed by atoms with Crippen molar-refractivity contribution in [2.24, 2.45) is 11.5 Å². The molecule has 0 spiro atoms. The maximum absolute atomic E-state index is 5.82. The van der Waals surface area contributed by atoms with E-state index in [2.05, 4.69) is 11.1 Å². The van der Waals surface area contributed by atoms with E-state index in [1.165, 1.54) is 5.39 Å². The van der Waals surface area contributed by atoms with Crippen LogP contribution in [0.5, 0.6) is 0 Å². The molecule has 1 aromatic heterocycles. The largest absolute Gasteiger partial charge is 0.361 e. The summed E-state index contributed by atoms with van der Waals surface area (Å²) in [7, 11) is 0. The van der Waals surface area contributed by atoms with Gasteiger partial charge in [-0.1, -0.05) is 12.1 Å². The quantitative estimate of drug-likeness (QED) is 0.640. The van der Waals surface area contributed by atoms with Crippen molar-refractivity contribution in [2.45, 2.75) is 6.04 Å². The number of nitrogens with two attached hydrogens (primary N) is 2. The molecule has 2 aromatic rings. The first-order valence-corrected chi connectivity index (χ1v) is 4.34. The Morgan fingerprint density at radius 2 is 2.15 bits per heavy atom. The summed E-state index contributed by atoms with van der Waals surface area (Å²) in [4.78, 5) is 3.14. The van der Waals surface area contributed by atoms with Gasteiger partial charge in [0.1, 0.15) is 0 Å². The van der Waals surface area contributed by atoms with E-state index in [1.807, 2.05) is 24.4 Å². The van der Waals surface area contributed by atoms with Gasteiger partial charge in [0.15, 0.2) is 0 Å². The highest BCUT2D eigenvalue weighted by atomic mass is 14.7. The molecule has 13 heavy (non-hydrogen) atoms. The van der Waals surface area contributed by atoms with Crippen LogP contribution in [0.25, 0.3) is 10.9 Å². The lowest BCUT2D eigenvalue weighted by Gasteiger charge is -2.08. The lowest BCUT2D eigenvalue weighted by atomic mass is 10.1. The average Bonchev–Trinajstić information content (AvgIpc) is 2.63. The fourth-order valence-electron chi connectivity index (χ4n) is 1.43. The second-order valence-electron chi connectivity index (χ2n) is 3.17. The monoisotopic (exact) mass is 175 g/mol. The van der Waals surface area contributed by atoms with Gasteiger partial charge in [-0.05, 0) is 23.1 Å². The lowest BCUT2D eigenvalue weighted by Crippen LogP contribution is -2.20. The normalized spacial score (nSPS) is 13.4. The molecule has 1 heterocycles. The van der Waals surface area contributed by atoms with Crippen LogP contribution in [-0.2, 0) is 0 Å². The van der Waals surface area contributed by atoms with Crippen LogP contribution in [-0.4, -0.2) is 11.5 Å². The highest BCUT2D eigenvalue weighted by molar-refractivity contribution is 5.79. The zero-order chi connectivity index (χ0) is 9.26. The van der Waals surface area contributed by atoms with Gasteiger partial charge in [0.25, 0.3) is 0 Å². The Morgan fingerprint density at radius 1 is 1.31 bits per heavy atom. The van der Waals surface area contributed by atoms with Gasteiger partial charge in [-0.2, -0.15) is 0 Å². The van der Waals surface area contributed by atoms with Gasteiger partial charge in [-0.15, -0.1) is 0 Å². The summed E-state index contributed by atoms with van der Waals surface area (Å²) in [6.45, 7) is 0.478. The third kappa shape index (κ3) is 1.43. The highest BCUT2D eigenvalue weighted by Crippen LogP contribution is 2.17. The second kappa shape index (κ2) is 3.20. The maximum Gasteiger partial charge on any atom is 0.0457 e. The van der Waals surface area contributed by atoms with Gasteiger partial charge in [-0.25, -0.2) is 0 Å². The summed E-state index contributed by atoms with van der Waals surface area (Å²) >= 11 is 0. The SMILES string of the molecule is NCC(N)c1ccc2cc[nH]c2c1. The van der Waals surface area contributed by atoms with E-state index in [1.54, 1.807) is 0 Å². The third-order valence-electron chi connectivity index (χ3n) is 2.26. The number of H-pyrrole nitrogens is 1. The van der Waals surface area contributed by atoms with Crippen LogP contribution in [0, 0.1) is 0 Å². The number of fused-ring (bicyclic) bond motifs is 1. The molecule has 2 rings (SSSR count). The van der Waals surface area contributed by atoms with Crippen molar-refractivity contribution in [1.82, 2.24) is 4.98 Å². The van der Waals surface area contributed by atoms with E-state index < -0.39 is 0 Å². The van der Waals surface area contributed by atoms with E-state index in [0.717, 1.165) is 11.1 Å². The number of aromatic nitrogens is 1. The summed E-state index contributed by atoms with van der Waals surface area (Å²) in [5.41, 5.74) is 13.5. The Kier molecular flexibility index (Phi) is 2.04. The van der Waals surface area contributed by atoms with Gasteiger partial charge < -0.3 is 16.5 Å². The highest BCUT2D eigenvalue weighted by Gasteiger charge is 2.03. The van der Waals surface area contributed by atoms with E-state index in [4.69, 9.17) is 11.5 Å². The van der Waals surface area contributed by atoms with Crippen molar-refractivity contribution in [3.63, 3.8) is 0 Å². The van der Waals surface area contributed by atoms with E-state index >= 15 is 0 Å². The molecule has 0 aliphatic rings. The van der Waals surface area contributed by atoms with Crippen molar-refractivity contribution < 1.29 is 0 Å². The summed E-state index contributed by atoms with van der Waals surface area (Å²) in [5.74, 6) is 0. The van der Waals surface area contributed by atoms with Gasteiger partial charge in [0, 0.05) is 24.3 Å². The van der Waals surface area contributed by atoms with Crippen molar-refractivity contribution in [2.75, 3.05) is 6.54 Å². The van der Waals surface area contributed by atoms with Crippen molar-refractivity contribution in [3.05, 3.63) is 36.0 Å². The Hall–Kier alpha value is -1.32. The van der Waals surface area contributed by atoms with Gasteiger partial charge in [-0.3, -0.25) is 0 Å². The van der Waals surface area contributed by atoms with E-state index in [0.29, 0.717) is 6.54 Å². The fourth-order valence-corrected chi connectivity index (χ4v) is 1.43. The number of benzene rings is 1. The molecule has 1 unspecified atom stereocenters.